The highest BCUT2D eigenvalue weighted by atomic mass is 32.1. The van der Waals surface area contributed by atoms with E-state index in [2.05, 4.69) is 300 Å². The fourth-order valence-corrected chi connectivity index (χ4v) is 17.0. The molecule has 3 heterocycles. The second-order valence-electron chi connectivity index (χ2n) is 33.0. The van der Waals surface area contributed by atoms with E-state index in [1.54, 1.807) is 0 Å². The number of nitrogens with zero attached hydrogens (tertiary/aromatic N) is 3. The molecule has 436 valence electrons. The Morgan fingerprint density at radius 3 is 1.46 bits per heavy atom. The Bertz CT molecular complexity index is 4150. The molecule has 9 aromatic rings. The molecule has 0 saturated heterocycles. The number of hydrogen-bond acceptors (Lipinski definition) is 4. The molecule has 13 rings (SSSR count). The molecule has 4 aliphatic rings. The van der Waals surface area contributed by atoms with Gasteiger partial charge in [0.15, 0.2) is 0 Å². The zero-order valence-electron chi connectivity index (χ0n) is 55.2. The Morgan fingerprint density at radius 2 is 0.906 bits per heavy atom. The third-order valence-corrected chi connectivity index (χ3v) is 21.8. The van der Waals surface area contributed by atoms with Crippen LogP contribution < -0.4 is 31.1 Å². The van der Waals surface area contributed by atoms with Crippen LogP contribution in [-0.4, -0.2) is 6.71 Å². The van der Waals surface area contributed by atoms with Crippen molar-refractivity contribution in [3.05, 3.63) is 190 Å². The van der Waals surface area contributed by atoms with Crippen molar-refractivity contribution < 1.29 is 0 Å². The van der Waals surface area contributed by atoms with Crippen LogP contribution in [-0.2, 0) is 43.3 Å². The zero-order chi connectivity index (χ0) is 60.8. The highest BCUT2D eigenvalue weighted by molar-refractivity contribution is 7.26. The zero-order valence-corrected chi connectivity index (χ0v) is 56.0. The Kier molecular flexibility index (Phi) is 12.7. The van der Waals surface area contributed by atoms with Crippen molar-refractivity contribution in [2.24, 2.45) is 0 Å². The standard InChI is InChI=1S/C80H92BN3S/c1-48-40-57-59(78(16,17)39-38-77(57,14)15)45-64(48)84-66-46-60-58(79(18,19)47-80(60,20)21)44-62(66)81-61-36-34-54(82(52-30-26-49(27-31-52)73(2,3)4)53-32-28-50(29-33-53)74(5,6)7)43-65(61)83(67-41-51(75(8,9)10)42-68(84)71(67)81)63-37-35-56(76(11,12)13)70-55-24-22-23-25-69(55)85-72(63)70/h22-37,40-46H,38-39,47H2,1-21H3. The lowest BCUT2D eigenvalue weighted by molar-refractivity contribution is 0.332. The van der Waals surface area contributed by atoms with Crippen LogP contribution in [0.5, 0.6) is 0 Å². The molecular formula is C80H92BN3S. The molecule has 1 aromatic heterocycles. The predicted molar refractivity (Wildman–Crippen MR) is 374 cm³/mol. The quantitative estimate of drug-likeness (QED) is 0.159. The lowest BCUT2D eigenvalue weighted by atomic mass is 9.33. The molecule has 3 nitrogen and oxygen atoms in total. The minimum Gasteiger partial charge on any atom is -0.311 e. The number of rotatable bonds is 5. The smallest absolute Gasteiger partial charge is 0.252 e. The van der Waals surface area contributed by atoms with Crippen molar-refractivity contribution in [1.82, 2.24) is 0 Å². The van der Waals surface area contributed by atoms with Crippen LogP contribution >= 0.6 is 11.3 Å². The molecule has 2 aliphatic carbocycles. The van der Waals surface area contributed by atoms with Gasteiger partial charge in [-0.1, -0.05) is 205 Å². The van der Waals surface area contributed by atoms with Gasteiger partial charge in [-0.25, -0.2) is 0 Å². The van der Waals surface area contributed by atoms with E-state index in [1.165, 1.54) is 127 Å². The van der Waals surface area contributed by atoms with Crippen LogP contribution in [0.1, 0.15) is 208 Å². The van der Waals surface area contributed by atoms with Crippen LogP contribution in [0.15, 0.2) is 140 Å². The van der Waals surface area contributed by atoms with E-state index >= 15 is 0 Å². The molecule has 0 N–H and O–H groups in total. The van der Waals surface area contributed by atoms with E-state index in [4.69, 9.17) is 0 Å². The Labute approximate surface area is 515 Å². The van der Waals surface area contributed by atoms with Gasteiger partial charge in [0.25, 0.3) is 6.71 Å². The van der Waals surface area contributed by atoms with Crippen LogP contribution in [0.2, 0.25) is 0 Å². The van der Waals surface area contributed by atoms with Gasteiger partial charge < -0.3 is 14.7 Å². The van der Waals surface area contributed by atoms with E-state index in [-0.39, 0.29) is 50.0 Å². The Balaban J connectivity index is 1.17. The second kappa shape index (κ2) is 18.7. The summed E-state index contributed by atoms with van der Waals surface area (Å²) in [5.41, 5.74) is 27.7. The maximum Gasteiger partial charge on any atom is 0.252 e. The van der Waals surface area contributed by atoms with Gasteiger partial charge in [-0.2, -0.15) is 0 Å². The van der Waals surface area contributed by atoms with Crippen LogP contribution in [0.3, 0.4) is 0 Å². The van der Waals surface area contributed by atoms with Crippen molar-refractivity contribution >= 4 is 106 Å². The molecule has 2 aliphatic heterocycles. The van der Waals surface area contributed by atoms with E-state index in [0.29, 0.717) is 0 Å². The molecule has 0 spiro atoms. The first kappa shape index (κ1) is 57.5. The van der Waals surface area contributed by atoms with E-state index in [1.807, 2.05) is 11.3 Å². The fraction of sp³-hybridized carbons (Fsp3) is 0.400. The third-order valence-electron chi connectivity index (χ3n) is 20.6. The van der Waals surface area contributed by atoms with Crippen molar-refractivity contribution in [2.45, 2.75) is 208 Å². The van der Waals surface area contributed by atoms with Crippen molar-refractivity contribution in [3.63, 3.8) is 0 Å². The first-order valence-electron chi connectivity index (χ1n) is 31.8. The predicted octanol–water partition coefficient (Wildman–Crippen LogP) is 21.4. The van der Waals surface area contributed by atoms with Gasteiger partial charge in [-0.3, -0.25) is 0 Å². The molecule has 0 unspecified atom stereocenters. The van der Waals surface area contributed by atoms with E-state index < -0.39 is 0 Å². The van der Waals surface area contributed by atoms with Crippen molar-refractivity contribution in [3.8, 4) is 0 Å². The maximum absolute atomic E-state index is 2.77. The van der Waals surface area contributed by atoms with Gasteiger partial charge in [0, 0.05) is 61.0 Å². The van der Waals surface area contributed by atoms with Crippen LogP contribution in [0.25, 0.3) is 20.2 Å². The summed E-state index contributed by atoms with van der Waals surface area (Å²) >= 11 is 1.96. The number of hydrogen-bond donors (Lipinski definition) is 0. The summed E-state index contributed by atoms with van der Waals surface area (Å²) < 4.78 is 2.65. The van der Waals surface area contributed by atoms with Gasteiger partial charge >= 0.3 is 0 Å². The summed E-state index contributed by atoms with van der Waals surface area (Å²) in [6, 6.07) is 56.3. The molecule has 0 atom stereocenters. The van der Waals surface area contributed by atoms with Gasteiger partial charge in [-0.05, 0) is 209 Å². The van der Waals surface area contributed by atoms with Gasteiger partial charge in [0.1, 0.15) is 0 Å². The molecule has 0 bridgehead atoms. The molecule has 85 heavy (non-hydrogen) atoms. The van der Waals surface area contributed by atoms with Crippen LogP contribution in [0, 0.1) is 6.92 Å². The Morgan fingerprint density at radius 1 is 0.424 bits per heavy atom. The highest BCUT2D eigenvalue weighted by Gasteiger charge is 2.50. The molecule has 0 fully saturated rings. The summed E-state index contributed by atoms with van der Waals surface area (Å²) in [6.07, 6.45) is 3.45. The van der Waals surface area contributed by atoms with Gasteiger partial charge in [-0.15, -0.1) is 11.3 Å². The molecule has 8 aromatic carbocycles. The summed E-state index contributed by atoms with van der Waals surface area (Å²) in [7, 11) is 0. The summed E-state index contributed by atoms with van der Waals surface area (Å²) in [5.74, 6) is 0. The lowest BCUT2D eigenvalue weighted by Gasteiger charge is -2.47. The topological polar surface area (TPSA) is 9.72 Å². The number of thiophene rings is 1. The first-order valence-corrected chi connectivity index (χ1v) is 32.6. The highest BCUT2D eigenvalue weighted by Crippen LogP contribution is 2.57. The van der Waals surface area contributed by atoms with Crippen LogP contribution in [0.4, 0.5) is 51.2 Å². The number of benzene rings is 8. The normalized spacial score (nSPS) is 17.4. The minimum absolute atomic E-state index is 0.000219. The monoisotopic (exact) mass is 1140 g/mol. The van der Waals surface area contributed by atoms with Gasteiger partial charge in [0.05, 0.1) is 10.4 Å². The SMILES string of the molecule is Cc1cc2c(cc1N1c3cc4c(cc3B3c5ccc(N(c6ccc(C(C)(C)C)cc6)c6ccc(C(C)(C)C)cc6)cc5N(c5ccc(C(C)(C)C)c6c5sc5ccccc56)c5cc(C(C)(C)C)cc1c53)C(C)(C)CC4(C)C)C(C)(C)CCC2(C)C. The maximum atomic E-state index is 2.77. The van der Waals surface area contributed by atoms with E-state index in [0.717, 1.165) is 29.9 Å². The molecular weight excluding hydrogens is 1050 g/mol. The summed E-state index contributed by atoms with van der Waals surface area (Å²) in [4.78, 5) is 8.03. The van der Waals surface area contributed by atoms with E-state index in [9.17, 15) is 0 Å². The number of anilines is 9. The molecule has 5 heteroatoms. The fourth-order valence-electron chi connectivity index (χ4n) is 15.8. The number of fused-ring (bicyclic) bond motifs is 9. The number of aryl methyl sites for hydroxylation is 1. The largest absolute Gasteiger partial charge is 0.311 e. The minimum atomic E-state index is -0.181. The average Bonchev–Trinajstić information content (AvgIpc) is 1.52. The molecule has 0 radical (unpaired) electrons. The van der Waals surface area contributed by atoms with Crippen molar-refractivity contribution in [2.75, 3.05) is 14.7 Å². The third kappa shape index (κ3) is 9.15. The first-order chi connectivity index (χ1) is 39.5. The summed E-state index contributed by atoms with van der Waals surface area (Å²) in [6.45, 7) is 50.5. The van der Waals surface area contributed by atoms with Crippen molar-refractivity contribution in [1.29, 1.82) is 0 Å². The average molecular weight is 1140 g/mol. The molecule has 0 saturated carbocycles. The second-order valence-corrected chi connectivity index (χ2v) is 34.0. The summed E-state index contributed by atoms with van der Waals surface area (Å²) in [5, 5.41) is 2.70. The van der Waals surface area contributed by atoms with Gasteiger partial charge in [0.2, 0.25) is 0 Å². The molecule has 0 amide bonds. The lowest BCUT2D eigenvalue weighted by Crippen LogP contribution is -2.61. The Hall–Kier alpha value is -6.56.